The molecule has 13 nitrogen and oxygen atoms in total. The minimum absolute atomic E-state index is 0.0132. The zero-order chi connectivity index (χ0) is 26.7. The van der Waals surface area contributed by atoms with Gasteiger partial charge in [-0.3, -0.25) is 19.2 Å². The van der Waals surface area contributed by atoms with Crippen molar-refractivity contribution in [2.45, 2.75) is 77.5 Å². The number of hydrogen-bond donors (Lipinski definition) is 7. The van der Waals surface area contributed by atoms with Crippen molar-refractivity contribution in [1.29, 1.82) is 0 Å². The molecule has 4 atom stereocenters. The molecule has 1 aromatic heterocycles. The third kappa shape index (κ3) is 11.0. The Morgan fingerprint density at radius 3 is 1.91 bits per heavy atom. The van der Waals surface area contributed by atoms with Crippen LogP contribution in [0.2, 0.25) is 0 Å². The first-order valence-electron chi connectivity index (χ1n) is 11.4. The van der Waals surface area contributed by atoms with Crippen molar-refractivity contribution in [2.75, 3.05) is 0 Å². The maximum atomic E-state index is 13.0. The summed E-state index contributed by atoms with van der Waals surface area (Å²) in [6.07, 6.45) is 2.98. The second kappa shape index (κ2) is 14.0. The minimum Gasteiger partial charge on any atom is -0.480 e. The summed E-state index contributed by atoms with van der Waals surface area (Å²) in [6, 6.07) is -4.64. The highest BCUT2D eigenvalue weighted by molar-refractivity contribution is 5.96. The summed E-state index contributed by atoms with van der Waals surface area (Å²) in [5.41, 5.74) is 11.8. The van der Waals surface area contributed by atoms with Crippen LogP contribution >= 0.6 is 0 Å². The van der Waals surface area contributed by atoms with E-state index in [-0.39, 0.29) is 31.1 Å². The largest absolute Gasteiger partial charge is 0.480 e. The third-order valence-corrected chi connectivity index (χ3v) is 5.03. The Bertz CT molecular complexity index is 872. The second-order valence-corrected chi connectivity index (χ2v) is 9.34. The molecule has 1 aromatic rings. The lowest BCUT2D eigenvalue weighted by Gasteiger charge is -2.26. The summed E-state index contributed by atoms with van der Waals surface area (Å²) < 4.78 is 0. The highest BCUT2D eigenvalue weighted by atomic mass is 16.4. The number of nitrogens with two attached hydrogens (primary N) is 2. The SMILES string of the molecule is CC(C)CC(NC(=O)C(CC(N)=O)NC(=O)C(CC(C)C)NC(=O)C(N)Cc1cnc[nH]1)C(=O)O. The number of amides is 4. The van der Waals surface area contributed by atoms with Crippen LogP contribution in [0, 0.1) is 11.8 Å². The summed E-state index contributed by atoms with van der Waals surface area (Å²) in [7, 11) is 0. The van der Waals surface area contributed by atoms with E-state index in [0.717, 1.165) is 0 Å². The van der Waals surface area contributed by atoms with Crippen LogP contribution in [-0.4, -0.2) is 68.8 Å². The van der Waals surface area contributed by atoms with E-state index in [1.807, 2.05) is 13.8 Å². The highest BCUT2D eigenvalue weighted by Gasteiger charge is 2.31. The first-order chi connectivity index (χ1) is 16.3. The number of aromatic amines is 1. The van der Waals surface area contributed by atoms with Gasteiger partial charge in [0.15, 0.2) is 0 Å². The van der Waals surface area contributed by atoms with Gasteiger partial charge in [-0.2, -0.15) is 0 Å². The standard InChI is InChI=1S/C22H37N7O6/c1-11(2)5-15(27-19(31)14(23)7-13-9-25-10-26-13)20(32)28-16(8-18(24)30)21(33)29-17(22(34)35)6-12(3)4/h9-12,14-17H,5-8,23H2,1-4H3,(H2,24,30)(H,25,26)(H,27,31)(H,28,32)(H,29,33)(H,34,35). The molecule has 0 saturated carbocycles. The molecular formula is C22H37N7O6. The maximum absolute atomic E-state index is 13.0. The number of aliphatic carboxylic acids is 1. The summed E-state index contributed by atoms with van der Waals surface area (Å²) in [5.74, 6) is -4.33. The van der Waals surface area contributed by atoms with E-state index in [1.54, 1.807) is 13.8 Å². The van der Waals surface area contributed by atoms with Crippen molar-refractivity contribution in [3.8, 4) is 0 Å². The van der Waals surface area contributed by atoms with E-state index in [1.165, 1.54) is 12.5 Å². The number of primary amides is 1. The van der Waals surface area contributed by atoms with Crippen LogP contribution in [0.5, 0.6) is 0 Å². The summed E-state index contributed by atoms with van der Waals surface area (Å²) in [4.78, 5) is 68.1. The van der Waals surface area contributed by atoms with Crippen LogP contribution < -0.4 is 27.4 Å². The molecule has 9 N–H and O–H groups in total. The van der Waals surface area contributed by atoms with Gasteiger partial charge in [0.1, 0.15) is 18.1 Å². The molecule has 4 unspecified atom stereocenters. The van der Waals surface area contributed by atoms with E-state index in [0.29, 0.717) is 5.69 Å². The van der Waals surface area contributed by atoms with Gasteiger partial charge in [0.05, 0.1) is 18.8 Å². The van der Waals surface area contributed by atoms with Gasteiger partial charge in [0.2, 0.25) is 23.6 Å². The monoisotopic (exact) mass is 495 g/mol. The zero-order valence-electron chi connectivity index (χ0n) is 20.5. The average molecular weight is 496 g/mol. The molecule has 0 spiro atoms. The number of carboxylic acids is 1. The van der Waals surface area contributed by atoms with Crippen LogP contribution in [0.4, 0.5) is 0 Å². The molecule has 35 heavy (non-hydrogen) atoms. The van der Waals surface area contributed by atoms with Gasteiger partial charge in [0, 0.05) is 18.3 Å². The third-order valence-electron chi connectivity index (χ3n) is 5.03. The van der Waals surface area contributed by atoms with Gasteiger partial charge in [-0.05, 0) is 24.7 Å². The Kier molecular flexibility index (Phi) is 11.9. The van der Waals surface area contributed by atoms with Crippen LogP contribution in [0.15, 0.2) is 12.5 Å². The number of H-pyrrole nitrogens is 1. The van der Waals surface area contributed by atoms with Gasteiger partial charge >= 0.3 is 5.97 Å². The molecule has 13 heteroatoms. The number of carbonyl (C=O) groups excluding carboxylic acids is 4. The van der Waals surface area contributed by atoms with Crippen LogP contribution in [0.3, 0.4) is 0 Å². The number of imidazole rings is 1. The molecule has 0 saturated heterocycles. The highest BCUT2D eigenvalue weighted by Crippen LogP contribution is 2.09. The van der Waals surface area contributed by atoms with Crippen molar-refractivity contribution in [3.05, 3.63) is 18.2 Å². The Labute approximate surface area is 204 Å². The topological polar surface area (TPSA) is 222 Å². The molecule has 4 amide bonds. The molecule has 0 aliphatic heterocycles. The number of rotatable bonds is 15. The van der Waals surface area contributed by atoms with Gasteiger partial charge in [0.25, 0.3) is 0 Å². The molecule has 196 valence electrons. The number of hydrogen-bond acceptors (Lipinski definition) is 7. The Balaban J connectivity index is 2.95. The number of carboxylic acid groups (broad SMARTS) is 1. The lowest BCUT2D eigenvalue weighted by Crippen LogP contribution is -2.58. The van der Waals surface area contributed by atoms with E-state index in [9.17, 15) is 29.1 Å². The Hall–Kier alpha value is -3.48. The van der Waals surface area contributed by atoms with Crippen molar-refractivity contribution in [2.24, 2.45) is 23.3 Å². The fraction of sp³-hybridized carbons (Fsp3) is 0.636. The quantitative estimate of drug-likeness (QED) is 0.156. The smallest absolute Gasteiger partial charge is 0.326 e. The summed E-state index contributed by atoms with van der Waals surface area (Å²) >= 11 is 0. The molecule has 0 fully saturated rings. The van der Waals surface area contributed by atoms with Crippen molar-refractivity contribution >= 4 is 29.6 Å². The first kappa shape index (κ1) is 29.6. The zero-order valence-corrected chi connectivity index (χ0v) is 20.5. The molecule has 0 bridgehead atoms. The summed E-state index contributed by atoms with van der Waals surface area (Å²) in [6.45, 7) is 7.27. The predicted molar refractivity (Wildman–Crippen MR) is 126 cm³/mol. The van der Waals surface area contributed by atoms with Crippen LogP contribution in [-0.2, 0) is 30.4 Å². The van der Waals surface area contributed by atoms with E-state index >= 15 is 0 Å². The lowest BCUT2D eigenvalue weighted by atomic mass is 10.0. The Morgan fingerprint density at radius 2 is 1.43 bits per heavy atom. The normalized spacial score (nSPS) is 14.6. The number of nitrogens with zero attached hydrogens (tertiary/aromatic N) is 1. The summed E-state index contributed by atoms with van der Waals surface area (Å²) in [5, 5.41) is 16.7. The fourth-order valence-corrected chi connectivity index (χ4v) is 3.36. The van der Waals surface area contributed by atoms with Crippen molar-refractivity contribution in [1.82, 2.24) is 25.9 Å². The molecule has 0 radical (unpaired) electrons. The van der Waals surface area contributed by atoms with E-state index < -0.39 is 60.2 Å². The number of nitrogens with one attached hydrogen (secondary N) is 4. The van der Waals surface area contributed by atoms with E-state index in [4.69, 9.17) is 11.5 Å². The average Bonchev–Trinajstić information content (AvgIpc) is 3.23. The minimum atomic E-state index is -1.42. The fourth-order valence-electron chi connectivity index (χ4n) is 3.36. The number of aromatic nitrogens is 2. The molecule has 1 rings (SSSR count). The van der Waals surface area contributed by atoms with Crippen LogP contribution in [0.25, 0.3) is 0 Å². The Morgan fingerprint density at radius 1 is 0.914 bits per heavy atom. The predicted octanol–water partition coefficient (Wildman–Crippen LogP) is -1.21. The van der Waals surface area contributed by atoms with Crippen LogP contribution in [0.1, 0.15) is 52.7 Å². The number of carbonyl (C=O) groups is 5. The maximum Gasteiger partial charge on any atom is 0.326 e. The second-order valence-electron chi connectivity index (χ2n) is 9.34. The van der Waals surface area contributed by atoms with Gasteiger partial charge < -0.3 is 37.5 Å². The van der Waals surface area contributed by atoms with Gasteiger partial charge in [-0.1, -0.05) is 27.7 Å². The van der Waals surface area contributed by atoms with Gasteiger partial charge in [-0.25, -0.2) is 9.78 Å². The van der Waals surface area contributed by atoms with Gasteiger partial charge in [-0.15, -0.1) is 0 Å². The lowest BCUT2D eigenvalue weighted by molar-refractivity contribution is -0.143. The molecular weight excluding hydrogens is 458 g/mol. The molecule has 0 aliphatic carbocycles. The first-order valence-corrected chi connectivity index (χ1v) is 11.4. The van der Waals surface area contributed by atoms with E-state index in [2.05, 4.69) is 25.9 Å². The molecule has 1 heterocycles. The molecule has 0 aliphatic rings. The van der Waals surface area contributed by atoms with Crippen molar-refractivity contribution < 1.29 is 29.1 Å². The van der Waals surface area contributed by atoms with Crippen molar-refractivity contribution in [3.63, 3.8) is 0 Å². The molecule has 0 aromatic carbocycles.